The van der Waals surface area contributed by atoms with Crippen LogP contribution >= 0.6 is 0 Å². The molecule has 0 spiro atoms. The molecule has 31 heavy (non-hydrogen) atoms. The number of hydrogen-bond donors (Lipinski definition) is 1. The van der Waals surface area contributed by atoms with Crippen molar-refractivity contribution in [3.05, 3.63) is 12.2 Å². The van der Waals surface area contributed by atoms with Gasteiger partial charge in [-0.2, -0.15) is 0 Å². The first-order chi connectivity index (χ1) is 15.1. The maximum atomic E-state index is 11.2. The van der Waals surface area contributed by atoms with Crippen LogP contribution in [0.15, 0.2) is 17.1 Å². The molecular weight excluding hydrogens is 382 g/mol. The molecule has 0 fully saturated rings. The van der Waals surface area contributed by atoms with Crippen LogP contribution in [0.1, 0.15) is 117 Å². The lowest BCUT2D eigenvalue weighted by Gasteiger charge is -2.38. The molecule has 4 heteroatoms. The van der Waals surface area contributed by atoms with E-state index in [0.717, 1.165) is 30.7 Å². The summed E-state index contributed by atoms with van der Waals surface area (Å²) in [6.07, 6.45) is 27.5. The van der Waals surface area contributed by atoms with Crippen LogP contribution < -0.4 is 5.32 Å². The molecule has 1 N–H and O–H groups in total. The lowest BCUT2D eigenvalue weighted by atomic mass is 10.0. The summed E-state index contributed by atoms with van der Waals surface area (Å²) in [5, 5.41) is 2.96. The van der Waals surface area contributed by atoms with E-state index in [2.05, 4.69) is 37.5 Å². The molecule has 1 heterocycles. The Labute approximate surface area is 193 Å². The van der Waals surface area contributed by atoms with Crippen molar-refractivity contribution in [2.45, 2.75) is 123 Å². The molecule has 4 nitrogen and oxygen atoms in total. The van der Waals surface area contributed by atoms with Crippen LogP contribution in [0, 0.1) is 0 Å². The van der Waals surface area contributed by atoms with Gasteiger partial charge in [0.1, 0.15) is 6.54 Å². The maximum Gasteiger partial charge on any atom is 0.217 e. The smallest absolute Gasteiger partial charge is 0.217 e. The van der Waals surface area contributed by atoms with E-state index in [0.29, 0.717) is 6.17 Å². The first-order valence-electron chi connectivity index (χ1n) is 13.4. The van der Waals surface area contributed by atoms with Crippen LogP contribution in [0.5, 0.6) is 0 Å². The molecule has 0 saturated heterocycles. The predicted molar refractivity (Wildman–Crippen MR) is 136 cm³/mol. The number of likely N-dealkylation sites (N-methyl/N-ethyl adjacent to an activating group) is 1. The van der Waals surface area contributed by atoms with Crippen LogP contribution in [0.25, 0.3) is 0 Å². The number of rotatable bonds is 20. The topological polar surface area (TPSA) is 41.5 Å². The van der Waals surface area contributed by atoms with Crippen LogP contribution in [-0.4, -0.2) is 48.9 Å². The number of carbonyl (C=O) groups excluding carboxylic acids is 1. The van der Waals surface area contributed by atoms with Crippen molar-refractivity contribution in [3.63, 3.8) is 0 Å². The maximum absolute atomic E-state index is 11.2. The minimum Gasteiger partial charge on any atom is -0.351 e. The summed E-state index contributed by atoms with van der Waals surface area (Å²) in [6, 6.07) is 0. The largest absolute Gasteiger partial charge is 0.351 e. The normalized spacial score (nSPS) is 20.7. The number of amides is 1. The van der Waals surface area contributed by atoms with Crippen LogP contribution in [0.2, 0.25) is 0 Å². The van der Waals surface area contributed by atoms with E-state index in [1.165, 1.54) is 96.3 Å². The Balaban J connectivity index is 1.96. The third-order valence-electron chi connectivity index (χ3n) is 6.89. The fraction of sp³-hybridized carbons (Fsp3) is 0.852. The quantitative estimate of drug-likeness (QED) is 0.128. The molecule has 2 atom stereocenters. The summed E-state index contributed by atoms with van der Waals surface area (Å²) in [6.45, 7) is 10.0. The molecule has 1 aliphatic heterocycles. The van der Waals surface area contributed by atoms with Gasteiger partial charge in [0.15, 0.2) is 6.17 Å². The molecule has 1 amide bonds. The molecule has 0 saturated carbocycles. The fourth-order valence-corrected chi connectivity index (χ4v) is 4.70. The minimum atomic E-state index is 0.0703. The first kappa shape index (κ1) is 27.9. The van der Waals surface area contributed by atoms with E-state index in [9.17, 15) is 4.79 Å². The van der Waals surface area contributed by atoms with Gasteiger partial charge in [0, 0.05) is 13.3 Å². The van der Waals surface area contributed by atoms with Gasteiger partial charge in [-0.25, -0.2) is 4.99 Å². The SMILES string of the molecule is CCCC/C=C/CCCCCCCCCCCCC1N=CC[N+]1(CC)CCNC(C)=O. The summed E-state index contributed by atoms with van der Waals surface area (Å²) in [4.78, 5) is 16.0. The lowest BCUT2D eigenvalue weighted by Crippen LogP contribution is -2.55. The Morgan fingerprint density at radius 1 is 0.935 bits per heavy atom. The fourth-order valence-electron chi connectivity index (χ4n) is 4.70. The number of aliphatic imine (C=N–C) groups is 1. The Morgan fingerprint density at radius 2 is 1.52 bits per heavy atom. The highest BCUT2D eigenvalue weighted by atomic mass is 16.1. The number of hydrogen-bond acceptors (Lipinski definition) is 2. The van der Waals surface area contributed by atoms with Gasteiger partial charge in [0.05, 0.1) is 25.8 Å². The van der Waals surface area contributed by atoms with E-state index >= 15 is 0 Å². The number of unbranched alkanes of at least 4 members (excludes halogenated alkanes) is 12. The molecule has 0 radical (unpaired) electrons. The van der Waals surface area contributed by atoms with E-state index < -0.39 is 0 Å². The van der Waals surface area contributed by atoms with Crippen molar-refractivity contribution in [1.29, 1.82) is 0 Å². The number of carbonyl (C=O) groups is 1. The zero-order valence-corrected chi connectivity index (χ0v) is 21.0. The Morgan fingerprint density at radius 3 is 2.10 bits per heavy atom. The molecule has 1 aliphatic rings. The Bertz CT molecular complexity index is 503. The molecule has 2 unspecified atom stereocenters. The average molecular weight is 435 g/mol. The van der Waals surface area contributed by atoms with Crippen molar-refractivity contribution in [3.8, 4) is 0 Å². The third-order valence-corrected chi connectivity index (χ3v) is 6.89. The van der Waals surface area contributed by atoms with Crippen LogP contribution in [-0.2, 0) is 4.79 Å². The standard InChI is InChI=1S/C27H51N3O/c1-4-6-7-8-9-10-11-12-13-14-15-16-17-18-19-20-21-27-29-23-25-30(27,5-2)24-22-28-26(3)31/h8-9,23,27H,4-7,10-22,24-25H2,1-3H3/p+1/b9-8+. The van der Waals surface area contributed by atoms with Crippen molar-refractivity contribution in [2.75, 3.05) is 26.2 Å². The highest BCUT2D eigenvalue weighted by molar-refractivity contribution is 5.72. The van der Waals surface area contributed by atoms with Gasteiger partial charge in [-0.15, -0.1) is 0 Å². The second-order valence-corrected chi connectivity index (χ2v) is 9.46. The molecule has 0 aliphatic carbocycles. The summed E-state index contributed by atoms with van der Waals surface area (Å²) < 4.78 is 1.02. The Hall–Kier alpha value is -1.16. The van der Waals surface area contributed by atoms with Crippen molar-refractivity contribution >= 4 is 12.1 Å². The third kappa shape index (κ3) is 13.1. The van der Waals surface area contributed by atoms with Gasteiger partial charge in [-0.1, -0.05) is 83.3 Å². The number of nitrogens with zero attached hydrogens (tertiary/aromatic N) is 2. The summed E-state index contributed by atoms with van der Waals surface area (Å²) in [7, 11) is 0. The summed E-state index contributed by atoms with van der Waals surface area (Å²) in [5.41, 5.74) is 0. The number of quaternary nitrogens is 1. The first-order valence-corrected chi connectivity index (χ1v) is 13.4. The molecular formula is C27H52N3O+. The summed E-state index contributed by atoms with van der Waals surface area (Å²) >= 11 is 0. The highest BCUT2D eigenvalue weighted by Gasteiger charge is 2.37. The van der Waals surface area contributed by atoms with Gasteiger partial charge in [-0.05, 0) is 32.6 Å². The molecule has 180 valence electrons. The van der Waals surface area contributed by atoms with Gasteiger partial charge in [0.25, 0.3) is 0 Å². The van der Waals surface area contributed by atoms with E-state index in [4.69, 9.17) is 4.99 Å². The van der Waals surface area contributed by atoms with Gasteiger partial charge >= 0.3 is 0 Å². The van der Waals surface area contributed by atoms with E-state index in [-0.39, 0.29) is 5.91 Å². The zero-order valence-electron chi connectivity index (χ0n) is 21.0. The highest BCUT2D eigenvalue weighted by Crippen LogP contribution is 2.24. The minimum absolute atomic E-state index is 0.0703. The molecule has 0 aromatic heterocycles. The van der Waals surface area contributed by atoms with Crippen LogP contribution in [0.4, 0.5) is 0 Å². The second kappa shape index (κ2) is 18.4. The number of nitrogens with one attached hydrogen (secondary N) is 1. The second-order valence-electron chi connectivity index (χ2n) is 9.46. The monoisotopic (exact) mass is 434 g/mol. The predicted octanol–water partition coefficient (Wildman–Crippen LogP) is 6.80. The zero-order chi connectivity index (χ0) is 22.6. The molecule has 1 rings (SSSR count). The van der Waals surface area contributed by atoms with Crippen molar-refractivity contribution in [1.82, 2.24) is 5.32 Å². The van der Waals surface area contributed by atoms with Crippen molar-refractivity contribution < 1.29 is 9.28 Å². The lowest BCUT2D eigenvalue weighted by molar-refractivity contribution is -0.935. The van der Waals surface area contributed by atoms with Crippen molar-refractivity contribution in [2.24, 2.45) is 4.99 Å². The molecule has 0 bridgehead atoms. The average Bonchev–Trinajstić information content (AvgIpc) is 3.16. The van der Waals surface area contributed by atoms with Gasteiger partial charge in [-0.3, -0.25) is 9.28 Å². The van der Waals surface area contributed by atoms with Gasteiger partial charge in [0.2, 0.25) is 5.91 Å². The number of allylic oxidation sites excluding steroid dienone is 2. The molecule has 0 aromatic carbocycles. The van der Waals surface area contributed by atoms with Gasteiger partial charge < -0.3 is 5.32 Å². The molecule has 0 aromatic rings. The summed E-state index contributed by atoms with van der Waals surface area (Å²) in [5.74, 6) is 0.0703. The van der Waals surface area contributed by atoms with E-state index in [1.807, 2.05) is 0 Å². The van der Waals surface area contributed by atoms with Crippen LogP contribution in [0.3, 0.4) is 0 Å². The van der Waals surface area contributed by atoms with E-state index in [1.54, 1.807) is 6.92 Å². The Kier molecular flexibility index (Phi) is 16.6.